The molecule has 2 aliphatic carbocycles. The van der Waals surface area contributed by atoms with E-state index in [1.807, 2.05) is 0 Å². The molecule has 0 bridgehead atoms. The number of rotatable bonds is 4. The van der Waals surface area contributed by atoms with Crippen molar-refractivity contribution in [1.29, 1.82) is 5.26 Å². The molecular formula is C18H26N4O. The van der Waals surface area contributed by atoms with Gasteiger partial charge in [-0.05, 0) is 63.2 Å². The van der Waals surface area contributed by atoms with Gasteiger partial charge in [-0.1, -0.05) is 0 Å². The van der Waals surface area contributed by atoms with Crippen molar-refractivity contribution in [2.45, 2.75) is 63.1 Å². The van der Waals surface area contributed by atoms with Crippen LogP contribution in [-0.2, 0) is 4.79 Å². The second kappa shape index (κ2) is 5.59. The Hall–Kier alpha value is -1.41. The third-order valence-electron chi connectivity index (χ3n) is 6.50. The van der Waals surface area contributed by atoms with Gasteiger partial charge in [0.25, 0.3) is 0 Å². The van der Waals surface area contributed by atoms with Crippen LogP contribution in [0.4, 0.5) is 0 Å². The van der Waals surface area contributed by atoms with Crippen LogP contribution < -0.4 is 5.32 Å². The highest BCUT2D eigenvalue weighted by atomic mass is 16.2. The first-order chi connectivity index (χ1) is 11.1. The number of carbonyl (C=O) groups is 1. The molecular weight excluding hydrogens is 288 g/mol. The van der Waals surface area contributed by atoms with Crippen molar-refractivity contribution in [1.82, 2.24) is 10.2 Å². The van der Waals surface area contributed by atoms with Crippen molar-refractivity contribution in [3.05, 3.63) is 0 Å². The lowest BCUT2D eigenvalue weighted by atomic mass is 9.91. The zero-order chi connectivity index (χ0) is 16.0. The van der Waals surface area contributed by atoms with Crippen molar-refractivity contribution in [2.24, 2.45) is 22.7 Å². The number of nitriles is 1. The first kappa shape index (κ1) is 15.1. The second-order valence-electron chi connectivity index (χ2n) is 8.24. The van der Waals surface area contributed by atoms with E-state index in [4.69, 9.17) is 5.26 Å². The van der Waals surface area contributed by atoms with Crippen LogP contribution in [0.25, 0.3) is 0 Å². The molecule has 3 fully saturated rings. The van der Waals surface area contributed by atoms with Gasteiger partial charge in [-0.25, -0.2) is 0 Å². The Morgan fingerprint density at radius 2 is 2.09 bits per heavy atom. The summed E-state index contributed by atoms with van der Waals surface area (Å²) < 4.78 is 0. The summed E-state index contributed by atoms with van der Waals surface area (Å²) in [6.07, 6.45) is 8.85. The molecule has 0 aromatic carbocycles. The number of nitrogens with zero attached hydrogens (tertiary/aromatic N) is 3. The zero-order valence-corrected chi connectivity index (χ0v) is 13.9. The molecule has 1 saturated heterocycles. The number of nitrogens with one attached hydrogen (secondary N) is 1. The number of carbonyl (C=O) groups excluding carboxylic acids is 1. The van der Waals surface area contributed by atoms with Gasteiger partial charge in [0, 0.05) is 18.3 Å². The molecule has 3 unspecified atom stereocenters. The van der Waals surface area contributed by atoms with Gasteiger partial charge in [-0.15, -0.1) is 0 Å². The van der Waals surface area contributed by atoms with Gasteiger partial charge in [-0.3, -0.25) is 9.79 Å². The summed E-state index contributed by atoms with van der Waals surface area (Å²) in [6.45, 7) is 3.39. The molecule has 4 rings (SSSR count). The molecule has 6 atom stereocenters. The first-order valence-corrected chi connectivity index (χ1v) is 9.05. The molecule has 0 aromatic heterocycles. The number of hydrogen-bond donors (Lipinski definition) is 1. The van der Waals surface area contributed by atoms with Gasteiger partial charge < -0.3 is 10.2 Å². The molecule has 5 heteroatoms. The standard InChI is InChI=1S/C18H26N4O/c1-18(21-11-17(23)22-4-2-3-15(22)9-19)7-13-5-12(16-10-20-16)6-14(13)8-18/h10,12-16,21H,2-8,11H2,1H3/t12?,13-,14+,15-,16?,18?/m0/s1. The molecule has 1 N–H and O–H groups in total. The van der Waals surface area contributed by atoms with Crippen LogP contribution in [0.3, 0.4) is 0 Å². The lowest BCUT2D eigenvalue weighted by Crippen LogP contribution is -2.48. The Balaban J connectivity index is 1.28. The first-order valence-electron chi connectivity index (χ1n) is 9.05. The van der Waals surface area contributed by atoms with Crippen molar-refractivity contribution < 1.29 is 4.79 Å². The Labute approximate surface area is 138 Å². The van der Waals surface area contributed by atoms with Crippen molar-refractivity contribution >= 4 is 12.1 Å². The fraction of sp³-hybridized carbons (Fsp3) is 0.833. The topological polar surface area (TPSA) is 68.5 Å². The zero-order valence-electron chi connectivity index (χ0n) is 13.9. The van der Waals surface area contributed by atoms with E-state index in [1.54, 1.807) is 4.90 Å². The van der Waals surface area contributed by atoms with E-state index in [0.29, 0.717) is 12.6 Å². The van der Waals surface area contributed by atoms with E-state index in [9.17, 15) is 4.79 Å². The average molecular weight is 314 g/mol. The maximum atomic E-state index is 12.4. The molecule has 2 aliphatic heterocycles. The van der Waals surface area contributed by atoms with E-state index in [-0.39, 0.29) is 17.5 Å². The Morgan fingerprint density at radius 1 is 1.39 bits per heavy atom. The quantitative estimate of drug-likeness (QED) is 0.859. The lowest BCUT2D eigenvalue weighted by Gasteiger charge is -2.29. The van der Waals surface area contributed by atoms with Crippen LogP contribution in [0.5, 0.6) is 0 Å². The summed E-state index contributed by atoms with van der Waals surface area (Å²) >= 11 is 0. The van der Waals surface area contributed by atoms with Crippen molar-refractivity contribution in [2.75, 3.05) is 13.1 Å². The summed E-state index contributed by atoms with van der Waals surface area (Å²) in [6, 6.07) is 2.60. The fourth-order valence-electron chi connectivity index (χ4n) is 5.31. The Bertz CT molecular complexity index is 546. The van der Waals surface area contributed by atoms with Crippen molar-refractivity contribution in [3.8, 4) is 6.07 Å². The predicted molar refractivity (Wildman–Crippen MR) is 88.0 cm³/mol. The average Bonchev–Trinajstić information content (AvgIpc) is 3.01. The monoisotopic (exact) mass is 314 g/mol. The molecule has 124 valence electrons. The van der Waals surface area contributed by atoms with Crippen LogP contribution in [-0.4, -0.2) is 47.7 Å². The highest BCUT2D eigenvalue weighted by molar-refractivity contribution is 5.79. The molecule has 0 aromatic rings. The maximum Gasteiger partial charge on any atom is 0.237 e. The van der Waals surface area contributed by atoms with Crippen LogP contribution in [0, 0.1) is 29.1 Å². The van der Waals surface area contributed by atoms with Crippen LogP contribution >= 0.6 is 0 Å². The fourth-order valence-corrected chi connectivity index (χ4v) is 5.31. The molecule has 0 radical (unpaired) electrons. The van der Waals surface area contributed by atoms with E-state index in [0.717, 1.165) is 37.1 Å². The molecule has 23 heavy (non-hydrogen) atoms. The van der Waals surface area contributed by atoms with Crippen LogP contribution in [0.15, 0.2) is 4.99 Å². The normalized spacial score (nSPS) is 44.3. The maximum absolute atomic E-state index is 12.4. The third-order valence-corrected chi connectivity index (χ3v) is 6.50. The second-order valence-corrected chi connectivity index (χ2v) is 8.24. The van der Waals surface area contributed by atoms with E-state index >= 15 is 0 Å². The van der Waals surface area contributed by atoms with Gasteiger partial charge in [-0.2, -0.15) is 5.26 Å². The van der Waals surface area contributed by atoms with Crippen LogP contribution in [0.1, 0.15) is 45.4 Å². The number of likely N-dealkylation sites (tertiary alicyclic amines) is 1. The Kier molecular flexibility index (Phi) is 3.68. The summed E-state index contributed by atoms with van der Waals surface area (Å²) in [5, 5.41) is 12.7. The molecule has 4 aliphatic rings. The SMILES string of the molecule is CC1(NCC(=O)N2CCC[C@H]2C#N)C[C@H]2CC(C3C=N3)C[C@H]2C1. The van der Waals surface area contributed by atoms with E-state index in [1.165, 1.54) is 25.7 Å². The number of hydrogen-bond acceptors (Lipinski definition) is 4. The molecule has 0 spiro atoms. The van der Waals surface area contributed by atoms with Gasteiger partial charge >= 0.3 is 0 Å². The molecule has 2 heterocycles. The predicted octanol–water partition coefficient (Wildman–Crippen LogP) is 1.74. The third kappa shape index (κ3) is 2.89. The highest BCUT2D eigenvalue weighted by Gasteiger charge is 2.49. The smallest absolute Gasteiger partial charge is 0.237 e. The van der Waals surface area contributed by atoms with Gasteiger partial charge in [0.2, 0.25) is 5.91 Å². The summed E-state index contributed by atoms with van der Waals surface area (Å²) in [7, 11) is 0. The van der Waals surface area contributed by atoms with Crippen LogP contribution in [0.2, 0.25) is 0 Å². The molecule has 1 amide bonds. The summed E-state index contributed by atoms with van der Waals surface area (Å²) in [5.41, 5.74) is 0.0856. The van der Waals surface area contributed by atoms with Gasteiger partial charge in [0.1, 0.15) is 6.04 Å². The number of fused-ring (bicyclic) bond motifs is 1. The number of amides is 1. The van der Waals surface area contributed by atoms with E-state index < -0.39 is 0 Å². The lowest BCUT2D eigenvalue weighted by molar-refractivity contribution is -0.130. The minimum absolute atomic E-state index is 0.0856. The molecule has 2 saturated carbocycles. The summed E-state index contributed by atoms with van der Waals surface area (Å²) in [4.78, 5) is 18.5. The minimum Gasteiger partial charge on any atom is -0.326 e. The minimum atomic E-state index is -0.209. The largest absolute Gasteiger partial charge is 0.326 e. The highest BCUT2D eigenvalue weighted by Crippen LogP contribution is 2.52. The van der Waals surface area contributed by atoms with Gasteiger partial charge in [0.15, 0.2) is 0 Å². The van der Waals surface area contributed by atoms with E-state index in [2.05, 4.69) is 29.5 Å². The van der Waals surface area contributed by atoms with Gasteiger partial charge in [0.05, 0.1) is 18.7 Å². The van der Waals surface area contributed by atoms with Crippen molar-refractivity contribution in [3.63, 3.8) is 0 Å². The molecule has 5 nitrogen and oxygen atoms in total. The summed E-state index contributed by atoms with van der Waals surface area (Å²) in [5.74, 6) is 2.49. The number of aliphatic imine (C=N–C) groups is 1. The Morgan fingerprint density at radius 3 is 2.70 bits per heavy atom.